The molecule has 4 aromatic heterocycles. The van der Waals surface area contributed by atoms with Crippen molar-refractivity contribution >= 4 is 38.7 Å². The Balaban J connectivity index is 1.31. The molecule has 1 fully saturated rings. The first-order chi connectivity index (χ1) is 20.3. The van der Waals surface area contributed by atoms with Gasteiger partial charge in [-0.25, -0.2) is 15.0 Å². The van der Waals surface area contributed by atoms with Crippen LogP contribution in [-0.2, 0) is 0 Å². The lowest BCUT2D eigenvalue weighted by Gasteiger charge is -2.32. The smallest absolute Gasteiger partial charge is 0.155 e. The van der Waals surface area contributed by atoms with E-state index in [2.05, 4.69) is 111 Å². The molecule has 0 saturated heterocycles. The van der Waals surface area contributed by atoms with Crippen LogP contribution in [0.4, 0.5) is 5.82 Å². The molecule has 6 heteroatoms. The third kappa shape index (κ3) is 3.34. The predicted octanol–water partition coefficient (Wildman–Crippen LogP) is 7.90. The highest BCUT2D eigenvalue weighted by Crippen LogP contribution is 2.49. The number of nitrogens with zero attached hydrogens (tertiary/aromatic N) is 6. The maximum absolute atomic E-state index is 5.53. The summed E-state index contributed by atoms with van der Waals surface area (Å²) in [6.45, 7) is 0. The van der Waals surface area contributed by atoms with E-state index in [0.717, 1.165) is 51.4 Å². The van der Waals surface area contributed by atoms with E-state index in [1.807, 2.05) is 12.3 Å². The van der Waals surface area contributed by atoms with Crippen LogP contribution in [0.5, 0.6) is 0 Å². The van der Waals surface area contributed by atoms with E-state index >= 15 is 0 Å². The Morgan fingerprint density at radius 1 is 0.683 bits per heavy atom. The highest BCUT2D eigenvalue weighted by molar-refractivity contribution is 6.08. The Kier molecular flexibility index (Phi) is 4.88. The molecule has 2 aliphatic rings. The van der Waals surface area contributed by atoms with Gasteiger partial charge in [0.05, 0.1) is 29.0 Å². The fourth-order valence-corrected chi connectivity index (χ4v) is 7.18. The quantitative estimate of drug-likeness (QED) is 0.232. The molecule has 0 spiro atoms. The molecular weight excluding hydrogens is 504 g/mol. The summed E-state index contributed by atoms with van der Waals surface area (Å²) in [5, 5.41) is 10.8. The summed E-state index contributed by atoms with van der Waals surface area (Å²) >= 11 is 0. The van der Waals surface area contributed by atoms with E-state index in [1.54, 1.807) is 0 Å². The second kappa shape index (κ2) is 8.77. The lowest BCUT2D eigenvalue weighted by molar-refractivity contribution is 0.364. The molecule has 41 heavy (non-hydrogen) atoms. The van der Waals surface area contributed by atoms with Crippen LogP contribution < -0.4 is 5.01 Å². The molecule has 0 radical (unpaired) electrons. The van der Waals surface area contributed by atoms with E-state index in [-0.39, 0.29) is 0 Å². The topological polar surface area (TPSA) is 51.8 Å². The lowest BCUT2D eigenvalue weighted by atomic mass is 9.83. The van der Waals surface area contributed by atoms with Gasteiger partial charge in [-0.15, -0.1) is 0 Å². The average molecular weight is 533 g/mol. The van der Waals surface area contributed by atoms with Crippen LogP contribution in [-0.4, -0.2) is 30.5 Å². The number of hydrogen-bond acceptors (Lipinski definition) is 4. The number of benzene rings is 3. The van der Waals surface area contributed by atoms with E-state index in [4.69, 9.17) is 15.1 Å². The molecule has 3 aromatic carbocycles. The Hall–Kier alpha value is -4.97. The fourth-order valence-electron chi connectivity index (χ4n) is 7.18. The van der Waals surface area contributed by atoms with E-state index in [9.17, 15) is 0 Å². The van der Waals surface area contributed by atoms with Gasteiger partial charge in [0.25, 0.3) is 0 Å². The largest absolute Gasteiger partial charge is 0.278 e. The van der Waals surface area contributed by atoms with Crippen molar-refractivity contribution in [3.05, 3.63) is 115 Å². The number of rotatable bonds is 3. The summed E-state index contributed by atoms with van der Waals surface area (Å²) in [4.78, 5) is 12.8. The Morgan fingerprint density at radius 3 is 2.41 bits per heavy atom. The number of para-hydroxylation sites is 2. The number of anilines is 1. The summed E-state index contributed by atoms with van der Waals surface area (Å²) in [5.74, 6) is 2.34. The molecule has 1 aliphatic heterocycles. The van der Waals surface area contributed by atoms with Gasteiger partial charge in [-0.05, 0) is 43.2 Å². The third-order valence-corrected chi connectivity index (χ3v) is 9.01. The van der Waals surface area contributed by atoms with Crippen LogP contribution in [0.1, 0.15) is 37.2 Å². The zero-order valence-corrected chi connectivity index (χ0v) is 22.6. The van der Waals surface area contributed by atoms with E-state index in [0.29, 0.717) is 12.0 Å². The summed E-state index contributed by atoms with van der Waals surface area (Å²) in [6, 6.07) is 36.5. The van der Waals surface area contributed by atoms with Crippen LogP contribution in [0.25, 0.3) is 49.9 Å². The van der Waals surface area contributed by atoms with E-state index < -0.39 is 0 Å². The van der Waals surface area contributed by atoms with Gasteiger partial charge in [0, 0.05) is 33.2 Å². The molecule has 0 bridgehead atoms. The Labute approximate surface area is 237 Å². The third-order valence-electron chi connectivity index (χ3n) is 9.01. The van der Waals surface area contributed by atoms with Gasteiger partial charge >= 0.3 is 0 Å². The van der Waals surface area contributed by atoms with Crippen molar-refractivity contribution in [2.75, 3.05) is 5.01 Å². The molecule has 1 aliphatic carbocycles. The van der Waals surface area contributed by atoms with Crippen LogP contribution in [0.3, 0.4) is 0 Å². The summed E-state index contributed by atoms with van der Waals surface area (Å²) in [6.07, 6.45) is 6.78. The molecule has 5 heterocycles. The first kappa shape index (κ1) is 22.8. The molecular formula is C35H28N6. The number of fused-ring (bicyclic) bond motifs is 7. The summed E-state index contributed by atoms with van der Waals surface area (Å²) in [7, 11) is 0. The van der Waals surface area contributed by atoms with Crippen LogP contribution in [0.2, 0.25) is 0 Å². The molecule has 9 rings (SSSR count). The van der Waals surface area contributed by atoms with Crippen LogP contribution >= 0.6 is 0 Å². The number of pyridine rings is 2. The molecule has 2 atom stereocenters. The van der Waals surface area contributed by atoms with Crippen molar-refractivity contribution in [3.63, 3.8) is 0 Å². The first-order valence-corrected chi connectivity index (χ1v) is 14.5. The van der Waals surface area contributed by atoms with Gasteiger partial charge in [0.15, 0.2) is 5.82 Å². The minimum absolute atomic E-state index is 0.348. The predicted molar refractivity (Wildman–Crippen MR) is 164 cm³/mol. The second-order valence-electron chi connectivity index (χ2n) is 11.3. The maximum atomic E-state index is 5.53. The SMILES string of the molecule is c1ccc(-c2cccc(-n3c4ccccc4c4cc5c(nc43)N(n3ncc4ccccc43)C3CCCCC53)n2)cc1. The molecule has 2 unspecified atom stereocenters. The zero-order chi connectivity index (χ0) is 26.9. The van der Waals surface area contributed by atoms with Gasteiger partial charge in [0.1, 0.15) is 11.5 Å². The van der Waals surface area contributed by atoms with Crippen molar-refractivity contribution in [1.29, 1.82) is 0 Å². The standard InChI is InChI=1S/C35H28N6/c1-2-11-23(12-3-1)29-16-10-20-33(37-29)39-31-18-8-5-14-25(31)27-21-28-26-15-6-9-19-32(26)40(35(28)38-34(27)39)41-30-17-7-4-13-24(30)22-36-41/h1-5,7-8,10-14,16-18,20-22,26,32H,6,9,15,19H2. The van der Waals surface area contributed by atoms with Crippen molar-refractivity contribution in [3.8, 4) is 17.1 Å². The normalized spacial score (nSPS) is 18.3. The maximum Gasteiger partial charge on any atom is 0.155 e. The van der Waals surface area contributed by atoms with Crippen molar-refractivity contribution in [2.45, 2.75) is 37.6 Å². The van der Waals surface area contributed by atoms with Crippen LogP contribution in [0, 0.1) is 0 Å². The molecule has 7 aromatic rings. The zero-order valence-electron chi connectivity index (χ0n) is 22.6. The highest BCUT2D eigenvalue weighted by atomic mass is 15.7. The minimum atomic E-state index is 0.348. The fraction of sp³-hybridized carbons (Fsp3) is 0.171. The average Bonchev–Trinajstić information content (AvgIpc) is 3.70. The van der Waals surface area contributed by atoms with E-state index in [1.165, 1.54) is 35.6 Å². The molecule has 1 saturated carbocycles. The van der Waals surface area contributed by atoms with Crippen molar-refractivity contribution in [1.82, 2.24) is 24.4 Å². The van der Waals surface area contributed by atoms with Gasteiger partial charge in [0.2, 0.25) is 0 Å². The first-order valence-electron chi connectivity index (χ1n) is 14.5. The van der Waals surface area contributed by atoms with Crippen LogP contribution in [0.15, 0.2) is 109 Å². The number of aromatic nitrogens is 5. The molecule has 0 N–H and O–H groups in total. The molecule has 0 amide bonds. The Morgan fingerprint density at radius 2 is 1.49 bits per heavy atom. The summed E-state index contributed by atoms with van der Waals surface area (Å²) < 4.78 is 2.23. The monoisotopic (exact) mass is 532 g/mol. The minimum Gasteiger partial charge on any atom is -0.278 e. The van der Waals surface area contributed by atoms with Gasteiger partial charge in [-0.2, -0.15) is 9.89 Å². The van der Waals surface area contributed by atoms with Gasteiger partial charge in [-0.3, -0.25) is 4.57 Å². The molecule has 198 valence electrons. The van der Waals surface area contributed by atoms with Gasteiger partial charge < -0.3 is 0 Å². The molecule has 6 nitrogen and oxygen atoms in total. The Bertz CT molecular complexity index is 2090. The van der Waals surface area contributed by atoms with Crippen molar-refractivity contribution < 1.29 is 0 Å². The van der Waals surface area contributed by atoms with Gasteiger partial charge in [-0.1, -0.05) is 85.6 Å². The highest BCUT2D eigenvalue weighted by Gasteiger charge is 2.43. The second-order valence-corrected chi connectivity index (χ2v) is 11.3. The number of hydrogen-bond donors (Lipinski definition) is 0. The lowest BCUT2D eigenvalue weighted by Crippen LogP contribution is -2.40. The summed E-state index contributed by atoms with van der Waals surface area (Å²) in [5.41, 5.74) is 6.56. The van der Waals surface area contributed by atoms with Crippen molar-refractivity contribution in [2.24, 2.45) is 0 Å².